The third kappa shape index (κ3) is 6.81. The number of hydrogen-bond donors (Lipinski definition) is 1. The van der Waals surface area contributed by atoms with Crippen molar-refractivity contribution in [3.63, 3.8) is 0 Å². The highest BCUT2D eigenvalue weighted by Gasteiger charge is 2.24. The number of rotatable bonds is 7. The van der Waals surface area contributed by atoms with Crippen molar-refractivity contribution in [1.82, 2.24) is 15.2 Å². The maximum atomic E-state index is 12.5. The van der Waals surface area contributed by atoms with Gasteiger partial charge in [0.2, 0.25) is 5.91 Å². The Morgan fingerprint density at radius 1 is 1.06 bits per heavy atom. The van der Waals surface area contributed by atoms with E-state index >= 15 is 0 Å². The molecule has 1 fully saturated rings. The van der Waals surface area contributed by atoms with Crippen LogP contribution in [0.25, 0.3) is 0 Å². The van der Waals surface area contributed by atoms with Crippen LogP contribution in [-0.4, -0.2) is 47.4 Å². The molecule has 2 heterocycles. The molecule has 2 aromatic rings. The highest BCUT2D eigenvalue weighted by atomic mass is 16.5. The first-order chi connectivity index (χ1) is 14.8. The van der Waals surface area contributed by atoms with Crippen molar-refractivity contribution in [2.75, 3.05) is 19.7 Å². The van der Waals surface area contributed by atoms with Crippen molar-refractivity contribution in [1.29, 1.82) is 0 Å². The Morgan fingerprint density at radius 3 is 2.32 bits per heavy atom. The van der Waals surface area contributed by atoms with Gasteiger partial charge in [-0.2, -0.15) is 0 Å². The molecule has 0 spiro atoms. The number of nitrogens with zero attached hydrogens (tertiary/aromatic N) is 2. The van der Waals surface area contributed by atoms with Gasteiger partial charge in [0.05, 0.1) is 6.61 Å². The van der Waals surface area contributed by atoms with E-state index in [-0.39, 0.29) is 23.3 Å². The summed E-state index contributed by atoms with van der Waals surface area (Å²) in [6.45, 7) is 8.37. The predicted molar refractivity (Wildman–Crippen MR) is 121 cm³/mol. The molecule has 1 N–H and O–H groups in total. The molecule has 166 valence electrons. The predicted octanol–water partition coefficient (Wildman–Crippen LogP) is 3.96. The molecule has 6 heteroatoms. The number of nitrogens with one attached hydrogen (secondary N) is 1. The number of benzene rings is 1. The second kappa shape index (κ2) is 10.4. The number of aromatic nitrogens is 1. The summed E-state index contributed by atoms with van der Waals surface area (Å²) in [5.41, 5.74) is 2.05. The monoisotopic (exact) mass is 423 g/mol. The summed E-state index contributed by atoms with van der Waals surface area (Å²) < 4.78 is 5.77. The normalized spacial score (nSPS) is 14.9. The number of pyridine rings is 1. The number of carbonyl (C=O) groups excluding carboxylic acids is 2. The third-order valence-electron chi connectivity index (χ3n) is 5.61. The van der Waals surface area contributed by atoms with Crippen LogP contribution in [0.15, 0.2) is 48.8 Å². The third-order valence-corrected chi connectivity index (χ3v) is 5.61. The first kappa shape index (κ1) is 22.8. The van der Waals surface area contributed by atoms with Gasteiger partial charge in [0.1, 0.15) is 5.75 Å². The van der Waals surface area contributed by atoms with Crippen LogP contribution in [0.3, 0.4) is 0 Å². The Bertz CT molecular complexity index is 852. The molecule has 3 rings (SSSR count). The van der Waals surface area contributed by atoms with Crippen molar-refractivity contribution in [3.05, 3.63) is 59.9 Å². The Hall–Kier alpha value is -2.89. The van der Waals surface area contributed by atoms with Gasteiger partial charge in [-0.3, -0.25) is 14.6 Å². The minimum atomic E-state index is 0.0276. The fraction of sp³-hybridized carbons (Fsp3) is 0.480. The second-order valence-electron chi connectivity index (χ2n) is 9.10. The molecule has 0 atom stereocenters. The van der Waals surface area contributed by atoms with Crippen LogP contribution in [0.1, 0.15) is 62.4 Å². The number of ether oxygens (including phenoxy) is 1. The van der Waals surface area contributed by atoms with Gasteiger partial charge in [0.25, 0.3) is 5.91 Å². The molecule has 0 unspecified atom stereocenters. The van der Waals surface area contributed by atoms with E-state index in [1.54, 1.807) is 24.5 Å². The van der Waals surface area contributed by atoms with Crippen molar-refractivity contribution in [2.24, 2.45) is 0 Å². The van der Waals surface area contributed by atoms with Crippen molar-refractivity contribution in [2.45, 2.75) is 57.9 Å². The van der Waals surface area contributed by atoms with E-state index < -0.39 is 0 Å². The maximum absolute atomic E-state index is 12.5. The lowest BCUT2D eigenvalue weighted by Gasteiger charge is -2.32. The molecule has 0 radical (unpaired) electrons. The summed E-state index contributed by atoms with van der Waals surface area (Å²) in [5, 5.41) is 3.10. The summed E-state index contributed by atoms with van der Waals surface area (Å²) in [4.78, 5) is 30.5. The Kier molecular flexibility index (Phi) is 7.66. The molecule has 31 heavy (non-hydrogen) atoms. The summed E-state index contributed by atoms with van der Waals surface area (Å²) >= 11 is 0. The van der Waals surface area contributed by atoms with E-state index in [1.807, 2.05) is 17.0 Å². The van der Waals surface area contributed by atoms with Crippen LogP contribution in [-0.2, 0) is 10.2 Å². The molecule has 2 amide bonds. The van der Waals surface area contributed by atoms with E-state index in [4.69, 9.17) is 4.74 Å². The van der Waals surface area contributed by atoms with Gasteiger partial charge in [-0.05, 0) is 54.5 Å². The number of amides is 2. The van der Waals surface area contributed by atoms with E-state index in [2.05, 4.69) is 43.2 Å². The average Bonchev–Trinajstić information content (AvgIpc) is 2.77. The minimum Gasteiger partial charge on any atom is -0.494 e. The number of hydrogen-bond acceptors (Lipinski definition) is 4. The van der Waals surface area contributed by atoms with Gasteiger partial charge in [0.15, 0.2) is 0 Å². The zero-order valence-electron chi connectivity index (χ0n) is 18.8. The minimum absolute atomic E-state index is 0.0276. The molecule has 0 saturated carbocycles. The van der Waals surface area contributed by atoms with Crippen LogP contribution < -0.4 is 10.1 Å². The largest absolute Gasteiger partial charge is 0.494 e. The van der Waals surface area contributed by atoms with Gasteiger partial charge in [0, 0.05) is 43.5 Å². The molecule has 1 aliphatic heterocycles. The molecule has 0 aliphatic carbocycles. The van der Waals surface area contributed by atoms with E-state index in [9.17, 15) is 9.59 Å². The van der Waals surface area contributed by atoms with Crippen LogP contribution in [0, 0.1) is 0 Å². The quantitative estimate of drug-likeness (QED) is 0.685. The molecule has 1 aromatic heterocycles. The fourth-order valence-corrected chi connectivity index (χ4v) is 3.68. The molecular weight excluding hydrogens is 390 g/mol. The number of carbonyl (C=O) groups is 2. The topological polar surface area (TPSA) is 71.5 Å². The maximum Gasteiger partial charge on any atom is 0.253 e. The smallest absolute Gasteiger partial charge is 0.253 e. The summed E-state index contributed by atoms with van der Waals surface area (Å²) in [7, 11) is 0. The van der Waals surface area contributed by atoms with E-state index in [0.717, 1.165) is 18.6 Å². The lowest BCUT2D eigenvalue weighted by Crippen LogP contribution is -2.46. The lowest BCUT2D eigenvalue weighted by molar-refractivity contribution is -0.122. The fourth-order valence-electron chi connectivity index (χ4n) is 3.68. The van der Waals surface area contributed by atoms with Crippen molar-refractivity contribution in [3.8, 4) is 5.75 Å². The van der Waals surface area contributed by atoms with Crippen LogP contribution in [0.2, 0.25) is 0 Å². The molecular formula is C25H33N3O3. The highest BCUT2D eigenvalue weighted by Crippen LogP contribution is 2.24. The van der Waals surface area contributed by atoms with Crippen LogP contribution >= 0.6 is 0 Å². The first-order valence-corrected chi connectivity index (χ1v) is 11.0. The zero-order valence-corrected chi connectivity index (χ0v) is 18.8. The van der Waals surface area contributed by atoms with Crippen molar-refractivity contribution < 1.29 is 14.3 Å². The van der Waals surface area contributed by atoms with Gasteiger partial charge in [-0.15, -0.1) is 0 Å². The Balaban J connectivity index is 1.32. The summed E-state index contributed by atoms with van der Waals surface area (Å²) in [6, 6.07) is 11.7. The first-order valence-electron chi connectivity index (χ1n) is 11.0. The van der Waals surface area contributed by atoms with Gasteiger partial charge in [-0.25, -0.2) is 0 Å². The molecule has 1 aromatic carbocycles. The number of likely N-dealkylation sites (tertiary alicyclic amines) is 1. The standard InChI is InChI=1S/C25H33N3O3/c1-25(2,3)20-6-8-22(9-7-20)31-18-4-5-23(29)27-21-12-16-28(17-13-21)24(30)19-10-14-26-15-11-19/h6-11,14-15,21H,4-5,12-13,16-18H2,1-3H3,(H,27,29). The molecule has 1 saturated heterocycles. The molecule has 6 nitrogen and oxygen atoms in total. The zero-order chi connectivity index (χ0) is 22.3. The number of piperidine rings is 1. The van der Waals surface area contributed by atoms with Gasteiger partial charge >= 0.3 is 0 Å². The van der Waals surface area contributed by atoms with Gasteiger partial charge < -0.3 is 15.0 Å². The lowest BCUT2D eigenvalue weighted by atomic mass is 9.87. The van der Waals surface area contributed by atoms with E-state index in [1.165, 1.54) is 5.56 Å². The van der Waals surface area contributed by atoms with Crippen LogP contribution in [0.5, 0.6) is 5.75 Å². The van der Waals surface area contributed by atoms with Crippen molar-refractivity contribution >= 4 is 11.8 Å². The average molecular weight is 424 g/mol. The second-order valence-corrected chi connectivity index (χ2v) is 9.10. The Labute approximate surface area is 185 Å². The molecule has 1 aliphatic rings. The van der Waals surface area contributed by atoms with E-state index in [0.29, 0.717) is 38.1 Å². The summed E-state index contributed by atoms with van der Waals surface area (Å²) in [6.07, 6.45) is 5.93. The Morgan fingerprint density at radius 2 is 1.71 bits per heavy atom. The SMILES string of the molecule is CC(C)(C)c1ccc(OCCCC(=O)NC2CCN(C(=O)c3ccncc3)CC2)cc1. The summed E-state index contributed by atoms with van der Waals surface area (Å²) in [5.74, 6) is 0.907. The molecule has 0 bridgehead atoms. The van der Waals surface area contributed by atoms with Gasteiger partial charge in [-0.1, -0.05) is 32.9 Å². The highest BCUT2D eigenvalue weighted by molar-refractivity contribution is 5.94. The van der Waals surface area contributed by atoms with Crippen LogP contribution in [0.4, 0.5) is 0 Å².